The molecule has 1 amide bonds. The van der Waals surface area contributed by atoms with Gasteiger partial charge in [0.15, 0.2) is 0 Å². The standard InChI is InChI=1S/C14H24BrNO2/c1-2-16(6-8-18-7-5-15)14(17)13-10-11-3-4-12(13)9-11/h11-13H,2-10H2,1H3. The summed E-state index contributed by atoms with van der Waals surface area (Å²) in [6, 6.07) is 0. The SMILES string of the molecule is CCN(CCOCCBr)C(=O)C1CC2CCC1C2. The number of hydrogen-bond donors (Lipinski definition) is 0. The molecule has 0 aromatic carbocycles. The number of likely N-dealkylation sites (N-methyl/N-ethyl adjacent to an activating group) is 1. The van der Waals surface area contributed by atoms with E-state index in [1.54, 1.807) is 0 Å². The summed E-state index contributed by atoms with van der Waals surface area (Å²) in [5.74, 6) is 2.22. The molecule has 0 N–H and O–H groups in total. The fraction of sp³-hybridized carbons (Fsp3) is 0.929. The average molecular weight is 318 g/mol. The van der Waals surface area contributed by atoms with E-state index in [1.807, 2.05) is 4.90 Å². The third-order valence-corrected chi connectivity index (χ3v) is 4.80. The van der Waals surface area contributed by atoms with Gasteiger partial charge in [0.1, 0.15) is 0 Å². The molecular weight excluding hydrogens is 294 g/mol. The van der Waals surface area contributed by atoms with Gasteiger partial charge in [-0.1, -0.05) is 22.4 Å². The van der Waals surface area contributed by atoms with Crippen molar-refractivity contribution in [2.45, 2.75) is 32.6 Å². The molecule has 0 radical (unpaired) electrons. The first-order chi connectivity index (χ1) is 8.76. The van der Waals surface area contributed by atoms with E-state index in [4.69, 9.17) is 4.74 Å². The Bertz CT molecular complexity index is 285. The van der Waals surface area contributed by atoms with Crippen LogP contribution in [0, 0.1) is 17.8 Å². The Balaban J connectivity index is 1.78. The van der Waals surface area contributed by atoms with Crippen molar-refractivity contribution in [3.8, 4) is 0 Å². The Kier molecular flexibility index (Phi) is 5.49. The lowest BCUT2D eigenvalue weighted by Crippen LogP contribution is -2.40. The van der Waals surface area contributed by atoms with Crippen LogP contribution in [0.1, 0.15) is 32.6 Å². The first-order valence-corrected chi connectivity index (χ1v) is 8.30. The van der Waals surface area contributed by atoms with Gasteiger partial charge in [-0.25, -0.2) is 0 Å². The van der Waals surface area contributed by atoms with E-state index in [1.165, 1.54) is 19.3 Å². The van der Waals surface area contributed by atoms with Crippen LogP contribution in [0.15, 0.2) is 0 Å². The summed E-state index contributed by atoms with van der Waals surface area (Å²) in [6.45, 7) is 5.00. The van der Waals surface area contributed by atoms with Gasteiger partial charge in [0.25, 0.3) is 0 Å². The number of halogens is 1. The summed E-state index contributed by atoms with van der Waals surface area (Å²) in [6.07, 6.45) is 5.07. The lowest BCUT2D eigenvalue weighted by atomic mass is 9.88. The van der Waals surface area contributed by atoms with Crippen molar-refractivity contribution in [2.24, 2.45) is 17.8 Å². The van der Waals surface area contributed by atoms with Crippen LogP contribution in [0.2, 0.25) is 0 Å². The van der Waals surface area contributed by atoms with Crippen molar-refractivity contribution in [2.75, 3.05) is 31.6 Å². The molecule has 2 bridgehead atoms. The number of fused-ring (bicyclic) bond motifs is 2. The van der Waals surface area contributed by atoms with Crippen molar-refractivity contribution in [1.82, 2.24) is 4.90 Å². The summed E-state index contributed by atoms with van der Waals surface area (Å²) in [7, 11) is 0. The number of nitrogens with zero attached hydrogens (tertiary/aromatic N) is 1. The van der Waals surface area contributed by atoms with Gasteiger partial charge in [-0.3, -0.25) is 4.79 Å². The lowest BCUT2D eigenvalue weighted by Gasteiger charge is -2.28. The number of rotatable bonds is 7. The monoisotopic (exact) mass is 317 g/mol. The van der Waals surface area contributed by atoms with Crippen LogP contribution in [-0.2, 0) is 9.53 Å². The Labute approximate surface area is 118 Å². The highest BCUT2D eigenvalue weighted by Gasteiger charge is 2.44. The highest BCUT2D eigenvalue weighted by Crippen LogP contribution is 2.48. The molecule has 2 aliphatic carbocycles. The van der Waals surface area contributed by atoms with Crippen molar-refractivity contribution in [1.29, 1.82) is 0 Å². The van der Waals surface area contributed by atoms with Gasteiger partial charge >= 0.3 is 0 Å². The molecule has 3 unspecified atom stereocenters. The zero-order valence-corrected chi connectivity index (χ0v) is 12.8. The molecule has 0 saturated heterocycles. The van der Waals surface area contributed by atoms with E-state index in [9.17, 15) is 4.79 Å². The molecule has 2 rings (SSSR count). The lowest BCUT2D eigenvalue weighted by molar-refractivity contribution is -0.137. The van der Waals surface area contributed by atoms with Crippen LogP contribution >= 0.6 is 15.9 Å². The molecule has 2 aliphatic rings. The second-order valence-electron chi connectivity index (χ2n) is 5.50. The topological polar surface area (TPSA) is 29.5 Å². The molecule has 0 heterocycles. The zero-order valence-electron chi connectivity index (χ0n) is 11.2. The van der Waals surface area contributed by atoms with Crippen molar-refractivity contribution in [3.63, 3.8) is 0 Å². The van der Waals surface area contributed by atoms with Crippen LogP contribution in [0.4, 0.5) is 0 Å². The molecule has 104 valence electrons. The fourth-order valence-electron chi connectivity index (χ4n) is 3.54. The predicted octanol–water partition coefficient (Wildman–Crippen LogP) is 2.68. The average Bonchev–Trinajstić information content (AvgIpc) is 3.00. The van der Waals surface area contributed by atoms with Gasteiger partial charge < -0.3 is 9.64 Å². The molecular formula is C14H24BrNO2. The van der Waals surface area contributed by atoms with Gasteiger partial charge in [-0.2, -0.15) is 0 Å². The molecule has 2 saturated carbocycles. The maximum atomic E-state index is 12.5. The van der Waals surface area contributed by atoms with Crippen molar-refractivity contribution >= 4 is 21.8 Å². The molecule has 0 aliphatic heterocycles. The Morgan fingerprint density at radius 2 is 2.17 bits per heavy atom. The zero-order chi connectivity index (χ0) is 13.0. The summed E-state index contributed by atoms with van der Waals surface area (Å²) in [5.41, 5.74) is 0. The smallest absolute Gasteiger partial charge is 0.226 e. The quantitative estimate of drug-likeness (QED) is 0.533. The largest absolute Gasteiger partial charge is 0.379 e. The van der Waals surface area contributed by atoms with Crippen LogP contribution < -0.4 is 0 Å². The van der Waals surface area contributed by atoms with Gasteiger partial charge in [0, 0.05) is 24.3 Å². The first-order valence-electron chi connectivity index (χ1n) is 7.18. The number of amides is 1. The van der Waals surface area contributed by atoms with Crippen LogP contribution in [0.3, 0.4) is 0 Å². The van der Waals surface area contributed by atoms with E-state index in [0.717, 1.165) is 37.4 Å². The molecule has 3 nitrogen and oxygen atoms in total. The summed E-state index contributed by atoms with van der Waals surface area (Å²) in [5, 5.41) is 0.861. The van der Waals surface area contributed by atoms with E-state index in [-0.39, 0.29) is 0 Å². The number of carbonyl (C=O) groups is 1. The Hall–Kier alpha value is -0.0900. The minimum atomic E-state index is 0.319. The summed E-state index contributed by atoms with van der Waals surface area (Å²) >= 11 is 3.33. The van der Waals surface area contributed by atoms with E-state index in [0.29, 0.717) is 24.3 Å². The first kappa shape index (κ1) is 14.3. The number of ether oxygens (including phenoxy) is 1. The molecule has 0 aromatic rings. The fourth-order valence-corrected chi connectivity index (χ4v) is 3.77. The Morgan fingerprint density at radius 1 is 1.33 bits per heavy atom. The molecule has 0 spiro atoms. The Morgan fingerprint density at radius 3 is 2.72 bits per heavy atom. The predicted molar refractivity (Wildman–Crippen MR) is 75.8 cm³/mol. The minimum Gasteiger partial charge on any atom is -0.379 e. The highest BCUT2D eigenvalue weighted by atomic mass is 79.9. The molecule has 4 heteroatoms. The van der Waals surface area contributed by atoms with Crippen molar-refractivity contribution < 1.29 is 9.53 Å². The maximum Gasteiger partial charge on any atom is 0.226 e. The summed E-state index contributed by atoms with van der Waals surface area (Å²) in [4.78, 5) is 14.5. The van der Waals surface area contributed by atoms with Gasteiger partial charge in [0.2, 0.25) is 5.91 Å². The van der Waals surface area contributed by atoms with Crippen molar-refractivity contribution in [3.05, 3.63) is 0 Å². The third kappa shape index (κ3) is 3.27. The minimum absolute atomic E-state index is 0.319. The highest BCUT2D eigenvalue weighted by molar-refractivity contribution is 9.09. The maximum absolute atomic E-state index is 12.5. The van der Waals surface area contributed by atoms with E-state index in [2.05, 4.69) is 22.9 Å². The van der Waals surface area contributed by atoms with Crippen LogP contribution in [0.5, 0.6) is 0 Å². The van der Waals surface area contributed by atoms with Gasteiger partial charge in [-0.15, -0.1) is 0 Å². The van der Waals surface area contributed by atoms with Gasteiger partial charge in [-0.05, 0) is 38.0 Å². The van der Waals surface area contributed by atoms with E-state index >= 15 is 0 Å². The number of hydrogen-bond acceptors (Lipinski definition) is 2. The number of alkyl halides is 1. The molecule has 18 heavy (non-hydrogen) atoms. The second kappa shape index (κ2) is 6.90. The molecule has 3 atom stereocenters. The van der Waals surface area contributed by atoms with Crippen LogP contribution in [-0.4, -0.2) is 42.4 Å². The van der Waals surface area contributed by atoms with Crippen LogP contribution in [0.25, 0.3) is 0 Å². The third-order valence-electron chi connectivity index (χ3n) is 4.48. The summed E-state index contributed by atoms with van der Waals surface area (Å²) < 4.78 is 5.45. The second-order valence-corrected chi connectivity index (χ2v) is 6.29. The molecule has 2 fully saturated rings. The van der Waals surface area contributed by atoms with Gasteiger partial charge in [0.05, 0.1) is 13.2 Å². The number of carbonyl (C=O) groups excluding carboxylic acids is 1. The normalized spacial score (nSPS) is 29.8. The van der Waals surface area contributed by atoms with E-state index < -0.39 is 0 Å². The molecule has 0 aromatic heterocycles.